The van der Waals surface area contributed by atoms with Crippen LogP contribution in [-0.4, -0.2) is 39.0 Å². The van der Waals surface area contributed by atoms with Crippen LogP contribution in [0.1, 0.15) is 30.5 Å². The molecule has 3 aromatic carbocycles. The quantitative estimate of drug-likeness (QED) is 0.526. The molecule has 0 spiro atoms. The first kappa shape index (κ1) is 22.5. The summed E-state index contributed by atoms with van der Waals surface area (Å²) in [4.78, 5) is 0.302. The van der Waals surface area contributed by atoms with E-state index in [0.29, 0.717) is 37.8 Å². The van der Waals surface area contributed by atoms with Gasteiger partial charge in [-0.15, -0.1) is 0 Å². The molecule has 1 aliphatic heterocycles. The van der Waals surface area contributed by atoms with Crippen molar-refractivity contribution in [3.63, 3.8) is 0 Å². The maximum absolute atomic E-state index is 12.7. The van der Waals surface area contributed by atoms with E-state index >= 15 is 0 Å². The van der Waals surface area contributed by atoms with Gasteiger partial charge in [-0.25, -0.2) is 8.42 Å². The molecule has 0 amide bonds. The van der Waals surface area contributed by atoms with Crippen molar-refractivity contribution in [2.24, 2.45) is 0 Å². The van der Waals surface area contributed by atoms with Gasteiger partial charge in [-0.1, -0.05) is 68.4 Å². The number of benzene rings is 3. The molecule has 0 bridgehead atoms. The molecule has 1 fully saturated rings. The lowest BCUT2D eigenvalue weighted by Crippen LogP contribution is -2.40. The molecule has 0 aromatic heterocycles. The maximum atomic E-state index is 12.7. The van der Waals surface area contributed by atoms with E-state index in [1.54, 1.807) is 24.3 Å². The van der Waals surface area contributed by atoms with Crippen LogP contribution in [0.2, 0.25) is 0 Å². The molecule has 1 saturated heterocycles. The van der Waals surface area contributed by atoms with Crippen LogP contribution in [0.5, 0.6) is 5.75 Å². The summed E-state index contributed by atoms with van der Waals surface area (Å²) in [5, 5.41) is 0. The van der Waals surface area contributed by atoms with Crippen molar-refractivity contribution >= 4 is 10.0 Å². The van der Waals surface area contributed by atoms with Gasteiger partial charge in [-0.2, -0.15) is 4.31 Å². The van der Waals surface area contributed by atoms with Gasteiger partial charge in [0.2, 0.25) is 10.0 Å². The van der Waals surface area contributed by atoms with Crippen LogP contribution in [-0.2, 0) is 26.8 Å². The smallest absolute Gasteiger partial charge is 0.243 e. The number of rotatable bonds is 7. The molecule has 168 valence electrons. The largest absolute Gasteiger partial charge is 0.489 e. The van der Waals surface area contributed by atoms with E-state index in [1.807, 2.05) is 18.2 Å². The molecule has 32 heavy (non-hydrogen) atoms. The number of morpholine rings is 1. The highest BCUT2D eigenvalue weighted by Gasteiger charge is 2.26. The third kappa shape index (κ3) is 4.88. The lowest BCUT2D eigenvalue weighted by molar-refractivity contribution is 0.0730. The van der Waals surface area contributed by atoms with Crippen molar-refractivity contribution in [2.75, 3.05) is 26.3 Å². The summed E-state index contributed by atoms with van der Waals surface area (Å²) in [7, 11) is -3.48. The van der Waals surface area contributed by atoms with E-state index in [1.165, 1.54) is 15.4 Å². The number of sulfonamides is 1. The Morgan fingerprint density at radius 3 is 2.06 bits per heavy atom. The first-order chi connectivity index (χ1) is 15.4. The molecule has 1 aliphatic rings. The molecule has 5 nitrogen and oxygen atoms in total. The first-order valence-corrected chi connectivity index (χ1v) is 12.3. The Kier molecular flexibility index (Phi) is 6.65. The van der Waals surface area contributed by atoms with Crippen LogP contribution in [0.3, 0.4) is 0 Å². The Bertz CT molecular complexity index is 1120. The summed E-state index contributed by atoms with van der Waals surface area (Å²) in [6.07, 6.45) is 0. The van der Waals surface area contributed by atoms with Gasteiger partial charge in [0.25, 0.3) is 0 Å². The normalized spacial score (nSPS) is 15.4. The molecular weight excluding hydrogens is 422 g/mol. The summed E-state index contributed by atoms with van der Waals surface area (Å²) in [6, 6.07) is 25.5. The van der Waals surface area contributed by atoms with E-state index in [0.717, 1.165) is 11.3 Å². The molecule has 0 atom stereocenters. The molecule has 3 aromatic rings. The van der Waals surface area contributed by atoms with Gasteiger partial charge < -0.3 is 9.47 Å². The van der Waals surface area contributed by atoms with Crippen molar-refractivity contribution in [2.45, 2.75) is 30.8 Å². The first-order valence-electron chi connectivity index (χ1n) is 10.8. The molecule has 1 heterocycles. The minimum atomic E-state index is -3.48. The van der Waals surface area contributed by atoms with Crippen LogP contribution in [0, 0.1) is 0 Å². The van der Waals surface area contributed by atoms with Gasteiger partial charge in [0.15, 0.2) is 0 Å². The minimum Gasteiger partial charge on any atom is -0.489 e. The van der Waals surface area contributed by atoms with Crippen LogP contribution >= 0.6 is 0 Å². The number of hydrogen-bond acceptors (Lipinski definition) is 4. The van der Waals surface area contributed by atoms with Crippen molar-refractivity contribution in [3.05, 3.63) is 95.6 Å². The molecule has 0 N–H and O–H groups in total. The van der Waals surface area contributed by atoms with E-state index in [-0.39, 0.29) is 5.41 Å². The van der Waals surface area contributed by atoms with E-state index < -0.39 is 10.0 Å². The topological polar surface area (TPSA) is 55.8 Å². The van der Waals surface area contributed by atoms with Crippen LogP contribution in [0.4, 0.5) is 0 Å². The van der Waals surface area contributed by atoms with Gasteiger partial charge in [0, 0.05) is 18.5 Å². The molecule has 0 aliphatic carbocycles. The Labute approximate surface area is 190 Å². The fourth-order valence-corrected chi connectivity index (χ4v) is 5.26. The SMILES string of the molecule is CC(C)(c1ccccc1)c1ccc(OCc2ccc(S(=O)(=O)N3CCOCC3)cc2)cc1. The summed E-state index contributed by atoms with van der Waals surface area (Å²) < 4.78 is 38.1. The fourth-order valence-electron chi connectivity index (χ4n) is 3.85. The van der Waals surface area contributed by atoms with Crippen molar-refractivity contribution in [1.29, 1.82) is 0 Å². The predicted octanol–water partition coefficient (Wildman–Crippen LogP) is 4.61. The lowest BCUT2D eigenvalue weighted by Gasteiger charge is -2.26. The van der Waals surface area contributed by atoms with Gasteiger partial charge in [-0.3, -0.25) is 0 Å². The van der Waals surface area contributed by atoms with Gasteiger partial charge in [0.05, 0.1) is 18.1 Å². The number of hydrogen-bond donors (Lipinski definition) is 0. The highest BCUT2D eigenvalue weighted by atomic mass is 32.2. The second kappa shape index (κ2) is 9.45. The average molecular weight is 452 g/mol. The van der Waals surface area contributed by atoms with E-state index in [9.17, 15) is 8.42 Å². The zero-order valence-electron chi connectivity index (χ0n) is 18.5. The third-order valence-electron chi connectivity index (χ3n) is 6.01. The molecule has 0 radical (unpaired) electrons. The van der Waals surface area contributed by atoms with Crippen molar-refractivity contribution in [1.82, 2.24) is 4.31 Å². The van der Waals surface area contributed by atoms with Crippen LogP contribution in [0.25, 0.3) is 0 Å². The summed E-state index contributed by atoms with van der Waals surface area (Å²) >= 11 is 0. The number of nitrogens with zero attached hydrogens (tertiary/aromatic N) is 1. The second-order valence-corrected chi connectivity index (χ2v) is 10.4. The Morgan fingerprint density at radius 1 is 0.844 bits per heavy atom. The standard InChI is InChI=1S/C26H29NO4S/c1-26(2,22-6-4-3-5-7-22)23-10-12-24(13-11-23)31-20-21-8-14-25(15-9-21)32(28,29)27-16-18-30-19-17-27/h3-15H,16-20H2,1-2H3. The van der Waals surface area contributed by atoms with Gasteiger partial charge in [-0.05, 0) is 41.0 Å². The summed E-state index contributed by atoms with van der Waals surface area (Å²) in [6.45, 7) is 6.46. The third-order valence-corrected chi connectivity index (χ3v) is 7.92. The number of ether oxygens (including phenoxy) is 2. The summed E-state index contributed by atoms with van der Waals surface area (Å²) in [5.41, 5.74) is 3.30. The van der Waals surface area contributed by atoms with Crippen molar-refractivity contribution < 1.29 is 17.9 Å². The minimum absolute atomic E-state index is 0.0956. The Balaban J connectivity index is 1.39. The molecular formula is C26H29NO4S. The van der Waals surface area contributed by atoms with Gasteiger partial charge in [0.1, 0.15) is 12.4 Å². The van der Waals surface area contributed by atoms with E-state index in [2.05, 4.69) is 50.2 Å². The molecule has 4 rings (SSSR count). The van der Waals surface area contributed by atoms with Gasteiger partial charge >= 0.3 is 0 Å². The molecule has 6 heteroatoms. The molecule has 0 saturated carbocycles. The zero-order chi connectivity index (χ0) is 22.6. The van der Waals surface area contributed by atoms with Crippen LogP contribution < -0.4 is 4.74 Å². The Morgan fingerprint density at radius 2 is 1.44 bits per heavy atom. The second-order valence-electron chi connectivity index (χ2n) is 8.46. The monoisotopic (exact) mass is 451 g/mol. The fraction of sp³-hybridized carbons (Fsp3) is 0.308. The zero-order valence-corrected chi connectivity index (χ0v) is 19.3. The average Bonchev–Trinajstić information content (AvgIpc) is 2.84. The van der Waals surface area contributed by atoms with Crippen LogP contribution in [0.15, 0.2) is 83.8 Å². The Hall–Kier alpha value is -2.67. The predicted molar refractivity (Wildman–Crippen MR) is 125 cm³/mol. The highest BCUT2D eigenvalue weighted by molar-refractivity contribution is 7.89. The maximum Gasteiger partial charge on any atom is 0.243 e. The summed E-state index contributed by atoms with van der Waals surface area (Å²) in [5.74, 6) is 0.780. The molecule has 0 unspecified atom stereocenters. The van der Waals surface area contributed by atoms with Crippen molar-refractivity contribution in [3.8, 4) is 5.75 Å². The highest BCUT2D eigenvalue weighted by Crippen LogP contribution is 2.32. The lowest BCUT2D eigenvalue weighted by atomic mass is 9.78. The van der Waals surface area contributed by atoms with E-state index in [4.69, 9.17) is 9.47 Å².